The topological polar surface area (TPSA) is 38.8 Å². The Balaban J connectivity index is 2.00. The number of ether oxygens (including phenoxy) is 2. The van der Waals surface area contributed by atoms with Gasteiger partial charge < -0.3 is 9.47 Å². The molecule has 1 aliphatic heterocycles. The molecule has 1 fully saturated rings. The van der Waals surface area contributed by atoms with Crippen molar-refractivity contribution in [2.45, 2.75) is 31.0 Å². The lowest BCUT2D eigenvalue weighted by molar-refractivity contribution is -0.142. The highest BCUT2D eigenvalue weighted by Crippen LogP contribution is 2.59. The molecule has 0 saturated carbocycles. The summed E-state index contributed by atoms with van der Waals surface area (Å²) in [5.74, 6) is 0.190. The molecule has 3 atom stereocenters. The van der Waals surface area contributed by atoms with Crippen molar-refractivity contribution >= 4 is 5.97 Å². The maximum absolute atomic E-state index is 11.5. The maximum atomic E-state index is 11.5. The van der Waals surface area contributed by atoms with Crippen LogP contribution in [0.15, 0.2) is 24.3 Å². The zero-order chi connectivity index (χ0) is 11.3. The van der Waals surface area contributed by atoms with Crippen LogP contribution in [0, 0.1) is 0 Å². The van der Waals surface area contributed by atoms with E-state index in [0.717, 1.165) is 12.0 Å². The molecule has 3 rings (SSSR count). The van der Waals surface area contributed by atoms with Crippen LogP contribution in [0.2, 0.25) is 0 Å². The minimum Gasteiger partial charge on any atom is -0.467 e. The molecule has 1 spiro atoms. The van der Waals surface area contributed by atoms with E-state index in [0.29, 0.717) is 5.92 Å². The predicted octanol–water partition coefficient (Wildman–Crippen LogP) is 1.96. The van der Waals surface area contributed by atoms with Crippen LogP contribution in [0.5, 0.6) is 0 Å². The van der Waals surface area contributed by atoms with Gasteiger partial charge in [-0.2, -0.15) is 0 Å². The van der Waals surface area contributed by atoms with Crippen LogP contribution in [0.25, 0.3) is 0 Å². The second kappa shape index (κ2) is 3.08. The Morgan fingerprint density at radius 3 is 3.00 bits per heavy atom. The summed E-state index contributed by atoms with van der Waals surface area (Å²) in [5, 5.41) is 0. The van der Waals surface area contributed by atoms with Crippen molar-refractivity contribution < 1.29 is 14.3 Å². The minimum absolute atomic E-state index is 0.260. The molecule has 1 aliphatic carbocycles. The average Bonchev–Trinajstić information content (AvgIpc) is 2.96. The van der Waals surface area contributed by atoms with Gasteiger partial charge in [0.25, 0.3) is 0 Å². The first-order chi connectivity index (χ1) is 7.69. The molecule has 1 saturated heterocycles. The van der Waals surface area contributed by atoms with Crippen molar-refractivity contribution in [3.8, 4) is 0 Å². The van der Waals surface area contributed by atoms with Crippen molar-refractivity contribution in [1.29, 1.82) is 0 Å². The molecule has 3 heteroatoms. The number of rotatable bonds is 1. The fourth-order valence-electron chi connectivity index (χ4n) is 2.87. The first-order valence-electron chi connectivity index (χ1n) is 5.54. The molecule has 0 bridgehead atoms. The van der Waals surface area contributed by atoms with E-state index in [9.17, 15) is 4.79 Å². The van der Waals surface area contributed by atoms with E-state index in [-0.39, 0.29) is 11.6 Å². The summed E-state index contributed by atoms with van der Waals surface area (Å²) in [7, 11) is 1.40. The van der Waals surface area contributed by atoms with Gasteiger partial charge in [0, 0.05) is 0 Å². The zero-order valence-electron chi connectivity index (χ0n) is 9.40. The Hall–Kier alpha value is -1.35. The van der Waals surface area contributed by atoms with Crippen LogP contribution in [-0.2, 0) is 19.9 Å². The van der Waals surface area contributed by atoms with Gasteiger partial charge in [-0.25, -0.2) is 4.79 Å². The van der Waals surface area contributed by atoms with Gasteiger partial charge in [0.2, 0.25) is 0 Å². The molecule has 1 aromatic carbocycles. The van der Waals surface area contributed by atoms with E-state index in [1.165, 1.54) is 12.7 Å². The van der Waals surface area contributed by atoms with Crippen molar-refractivity contribution in [1.82, 2.24) is 0 Å². The highest BCUT2D eigenvalue weighted by atomic mass is 16.7. The van der Waals surface area contributed by atoms with Crippen LogP contribution < -0.4 is 0 Å². The second-order valence-electron chi connectivity index (χ2n) is 4.60. The maximum Gasteiger partial charge on any atom is 0.338 e. The van der Waals surface area contributed by atoms with Gasteiger partial charge in [0.15, 0.2) is 6.10 Å². The number of esters is 1. The van der Waals surface area contributed by atoms with E-state index in [1.54, 1.807) is 0 Å². The molecule has 1 heterocycles. The number of benzene rings is 1. The molecule has 16 heavy (non-hydrogen) atoms. The Labute approximate surface area is 94.4 Å². The summed E-state index contributed by atoms with van der Waals surface area (Å²) < 4.78 is 10.4. The normalized spacial score (nSPS) is 34.9. The molecule has 3 unspecified atom stereocenters. The quantitative estimate of drug-likeness (QED) is 0.534. The van der Waals surface area contributed by atoms with E-state index in [4.69, 9.17) is 9.47 Å². The Morgan fingerprint density at radius 2 is 2.25 bits per heavy atom. The van der Waals surface area contributed by atoms with Gasteiger partial charge in [-0.3, -0.25) is 0 Å². The first kappa shape index (κ1) is 9.85. The highest BCUT2D eigenvalue weighted by molar-refractivity contribution is 5.80. The molecule has 1 aromatic rings. The van der Waals surface area contributed by atoms with Gasteiger partial charge in [-0.05, 0) is 23.5 Å². The number of methoxy groups -OCH3 is 1. The molecular formula is C13H14O3. The third-order valence-electron chi connectivity index (χ3n) is 3.67. The molecular weight excluding hydrogens is 204 g/mol. The highest BCUT2D eigenvalue weighted by Gasteiger charge is 2.66. The van der Waals surface area contributed by atoms with Crippen LogP contribution in [0.1, 0.15) is 30.4 Å². The minimum atomic E-state index is -0.399. The third kappa shape index (κ3) is 1.09. The van der Waals surface area contributed by atoms with E-state index >= 15 is 0 Å². The molecule has 0 amide bonds. The van der Waals surface area contributed by atoms with Gasteiger partial charge in [-0.15, -0.1) is 0 Å². The molecule has 0 aromatic heterocycles. The summed E-state index contributed by atoms with van der Waals surface area (Å²) in [6.07, 6.45) is 0.482. The van der Waals surface area contributed by atoms with Crippen LogP contribution >= 0.6 is 0 Å². The van der Waals surface area contributed by atoms with Crippen molar-refractivity contribution in [2.24, 2.45) is 0 Å². The third-order valence-corrected chi connectivity index (χ3v) is 3.67. The first-order valence-corrected chi connectivity index (χ1v) is 5.54. The standard InChI is InChI=1S/C13H14O3/c1-8-7-13(11(16-13)12(14)15-2)10-6-4-3-5-9(8)10/h3-6,8,11H,7H2,1-2H3. The summed E-state index contributed by atoms with van der Waals surface area (Å²) in [4.78, 5) is 11.5. The number of epoxide rings is 1. The molecule has 0 radical (unpaired) electrons. The Morgan fingerprint density at radius 1 is 1.50 bits per heavy atom. The molecule has 84 valence electrons. The fraction of sp³-hybridized carbons (Fsp3) is 0.462. The largest absolute Gasteiger partial charge is 0.467 e. The lowest BCUT2D eigenvalue weighted by atomic mass is 9.97. The SMILES string of the molecule is COC(=O)C1OC12CC(C)c1ccccc12. The van der Waals surface area contributed by atoms with E-state index in [1.807, 2.05) is 12.1 Å². The van der Waals surface area contributed by atoms with E-state index in [2.05, 4.69) is 19.1 Å². The van der Waals surface area contributed by atoms with Crippen molar-refractivity contribution in [3.05, 3.63) is 35.4 Å². The summed E-state index contributed by atoms with van der Waals surface area (Å²) in [6.45, 7) is 2.17. The van der Waals surface area contributed by atoms with Gasteiger partial charge >= 0.3 is 5.97 Å². The van der Waals surface area contributed by atoms with Crippen molar-refractivity contribution in [3.63, 3.8) is 0 Å². The molecule has 2 aliphatic rings. The van der Waals surface area contributed by atoms with Gasteiger partial charge in [0.05, 0.1) is 7.11 Å². The number of carbonyl (C=O) groups is 1. The summed E-state index contributed by atoms with van der Waals surface area (Å²) >= 11 is 0. The summed E-state index contributed by atoms with van der Waals surface area (Å²) in [6, 6.07) is 8.20. The van der Waals surface area contributed by atoms with Gasteiger partial charge in [0.1, 0.15) is 5.60 Å². The predicted molar refractivity (Wildman–Crippen MR) is 58.0 cm³/mol. The number of carbonyl (C=O) groups excluding carboxylic acids is 1. The second-order valence-corrected chi connectivity index (χ2v) is 4.60. The fourth-order valence-corrected chi connectivity index (χ4v) is 2.87. The van der Waals surface area contributed by atoms with Crippen LogP contribution in [-0.4, -0.2) is 19.2 Å². The molecule has 3 nitrogen and oxygen atoms in total. The van der Waals surface area contributed by atoms with E-state index < -0.39 is 6.10 Å². The smallest absolute Gasteiger partial charge is 0.338 e. The molecule has 0 N–H and O–H groups in total. The van der Waals surface area contributed by atoms with Crippen molar-refractivity contribution in [2.75, 3.05) is 7.11 Å². The summed E-state index contributed by atoms with van der Waals surface area (Å²) in [5.41, 5.74) is 2.08. The monoisotopic (exact) mass is 218 g/mol. The lowest BCUT2D eigenvalue weighted by Gasteiger charge is -2.04. The zero-order valence-corrected chi connectivity index (χ0v) is 9.40. The average molecular weight is 218 g/mol. The number of fused-ring (bicyclic) bond motifs is 2. The van der Waals surface area contributed by atoms with Gasteiger partial charge in [-0.1, -0.05) is 31.2 Å². The van der Waals surface area contributed by atoms with Crippen LogP contribution in [0.3, 0.4) is 0 Å². The van der Waals surface area contributed by atoms with Crippen LogP contribution in [0.4, 0.5) is 0 Å². The number of hydrogen-bond donors (Lipinski definition) is 0. The Bertz CT molecular complexity index is 454. The Kier molecular flexibility index (Phi) is 1.89. The lowest BCUT2D eigenvalue weighted by Crippen LogP contribution is -2.18. The number of hydrogen-bond acceptors (Lipinski definition) is 3.